The van der Waals surface area contributed by atoms with Crippen LogP contribution < -0.4 is 15.5 Å². The molecule has 1 aliphatic rings. The van der Waals surface area contributed by atoms with Gasteiger partial charge in [-0.25, -0.2) is 4.79 Å². The highest BCUT2D eigenvalue weighted by atomic mass is 19.4. The number of halogens is 3. The molecule has 5 nitrogen and oxygen atoms in total. The Morgan fingerprint density at radius 1 is 1.11 bits per heavy atom. The Balaban J connectivity index is 1.52. The van der Waals surface area contributed by atoms with Crippen LogP contribution in [-0.4, -0.2) is 25.0 Å². The molecule has 1 atom stereocenters. The number of benzene rings is 2. The molecule has 142 valence electrons. The third-order valence-electron chi connectivity index (χ3n) is 4.27. The SMILES string of the molecule is O=C(NC[C@@H]1CC(=O)N(c2ccccc2)C1)Nc1cccc(C(F)(F)F)c1. The molecule has 27 heavy (non-hydrogen) atoms. The maximum absolute atomic E-state index is 12.7. The summed E-state index contributed by atoms with van der Waals surface area (Å²) in [6.07, 6.45) is -4.17. The van der Waals surface area contributed by atoms with Crippen molar-refractivity contribution in [2.24, 2.45) is 5.92 Å². The minimum atomic E-state index is -4.47. The first-order valence-corrected chi connectivity index (χ1v) is 8.40. The lowest BCUT2D eigenvalue weighted by Gasteiger charge is -2.17. The molecule has 3 amide bonds. The minimum absolute atomic E-state index is 0.0220. The van der Waals surface area contributed by atoms with Gasteiger partial charge in [0.25, 0.3) is 0 Å². The van der Waals surface area contributed by atoms with Crippen LogP contribution in [0.1, 0.15) is 12.0 Å². The normalized spacial score (nSPS) is 17.1. The molecule has 0 aromatic heterocycles. The summed E-state index contributed by atoms with van der Waals surface area (Å²) < 4.78 is 38.1. The van der Waals surface area contributed by atoms with Crippen molar-refractivity contribution in [2.45, 2.75) is 12.6 Å². The van der Waals surface area contributed by atoms with Gasteiger partial charge in [0.15, 0.2) is 0 Å². The summed E-state index contributed by atoms with van der Waals surface area (Å²) in [5.74, 6) is -0.0868. The summed E-state index contributed by atoms with van der Waals surface area (Å²) in [6.45, 7) is 0.729. The Morgan fingerprint density at radius 2 is 1.85 bits per heavy atom. The molecular weight excluding hydrogens is 359 g/mol. The van der Waals surface area contributed by atoms with Crippen LogP contribution >= 0.6 is 0 Å². The topological polar surface area (TPSA) is 61.4 Å². The maximum Gasteiger partial charge on any atom is 0.416 e. The number of alkyl halides is 3. The zero-order valence-corrected chi connectivity index (χ0v) is 14.3. The zero-order chi connectivity index (χ0) is 19.4. The maximum atomic E-state index is 12.7. The lowest BCUT2D eigenvalue weighted by molar-refractivity contribution is -0.137. The van der Waals surface area contributed by atoms with Crippen LogP contribution in [0.3, 0.4) is 0 Å². The van der Waals surface area contributed by atoms with Crippen molar-refractivity contribution in [3.8, 4) is 0 Å². The molecule has 2 N–H and O–H groups in total. The van der Waals surface area contributed by atoms with E-state index >= 15 is 0 Å². The highest BCUT2D eigenvalue weighted by Gasteiger charge is 2.31. The van der Waals surface area contributed by atoms with Crippen LogP contribution in [0, 0.1) is 5.92 Å². The van der Waals surface area contributed by atoms with Crippen molar-refractivity contribution < 1.29 is 22.8 Å². The summed E-state index contributed by atoms with van der Waals surface area (Å²) in [5.41, 5.74) is 0.0225. The van der Waals surface area contributed by atoms with E-state index in [1.54, 1.807) is 4.90 Å². The average Bonchev–Trinajstić information content (AvgIpc) is 3.01. The van der Waals surface area contributed by atoms with E-state index in [1.807, 2.05) is 30.3 Å². The average molecular weight is 377 g/mol. The molecule has 0 saturated carbocycles. The first-order chi connectivity index (χ1) is 12.8. The minimum Gasteiger partial charge on any atom is -0.338 e. The Labute approximate surface area is 154 Å². The molecule has 1 aliphatic heterocycles. The van der Waals surface area contributed by atoms with Gasteiger partial charge in [-0.15, -0.1) is 0 Å². The molecule has 1 saturated heterocycles. The Kier molecular flexibility index (Phi) is 5.34. The molecule has 8 heteroatoms. The Bertz CT molecular complexity index is 824. The monoisotopic (exact) mass is 377 g/mol. The molecular formula is C19H18F3N3O2. The highest BCUT2D eigenvalue weighted by Crippen LogP contribution is 2.30. The number of nitrogens with zero attached hydrogens (tertiary/aromatic N) is 1. The first-order valence-electron chi connectivity index (χ1n) is 8.40. The molecule has 3 rings (SSSR count). The van der Waals surface area contributed by atoms with E-state index in [9.17, 15) is 22.8 Å². The van der Waals surface area contributed by atoms with Crippen molar-refractivity contribution in [2.75, 3.05) is 23.3 Å². The number of urea groups is 1. The van der Waals surface area contributed by atoms with Crippen molar-refractivity contribution in [3.05, 3.63) is 60.2 Å². The van der Waals surface area contributed by atoms with Gasteiger partial charge in [0, 0.05) is 36.8 Å². The number of anilines is 2. The van der Waals surface area contributed by atoms with Gasteiger partial charge in [0.2, 0.25) is 5.91 Å². The van der Waals surface area contributed by atoms with Crippen LogP contribution in [0.5, 0.6) is 0 Å². The number of amides is 3. The van der Waals surface area contributed by atoms with Crippen LogP contribution in [0.2, 0.25) is 0 Å². The second-order valence-electron chi connectivity index (χ2n) is 6.32. The van der Waals surface area contributed by atoms with Gasteiger partial charge >= 0.3 is 12.2 Å². The molecule has 1 fully saturated rings. The van der Waals surface area contributed by atoms with E-state index in [2.05, 4.69) is 10.6 Å². The fourth-order valence-corrected chi connectivity index (χ4v) is 2.96. The first kappa shape index (κ1) is 18.8. The third kappa shape index (κ3) is 4.78. The van der Waals surface area contributed by atoms with Gasteiger partial charge in [-0.2, -0.15) is 13.2 Å². The lowest BCUT2D eigenvalue weighted by atomic mass is 10.1. The van der Waals surface area contributed by atoms with E-state index in [0.29, 0.717) is 13.0 Å². The number of hydrogen-bond acceptors (Lipinski definition) is 2. The molecule has 0 unspecified atom stereocenters. The van der Waals surface area contributed by atoms with Crippen molar-refractivity contribution in [1.29, 1.82) is 0 Å². The van der Waals surface area contributed by atoms with Gasteiger partial charge in [-0.1, -0.05) is 24.3 Å². The molecule has 2 aromatic rings. The summed E-state index contributed by atoms with van der Waals surface area (Å²) in [5, 5.41) is 5.00. The van der Waals surface area contributed by atoms with E-state index in [1.165, 1.54) is 12.1 Å². The standard InChI is InChI=1S/C19H18F3N3O2/c20-19(21,22)14-5-4-6-15(10-14)24-18(27)23-11-13-9-17(26)25(12-13)16-7-2-1-3-8-16/h1-8,10,13H,9,11-12H2,(H2,23,24,27)/t13-/m0/s1. The van der Waals surface area contributed by atoms with E-state index in [0.717, 1.165) is 17.8 Å². The summed E-state index contributed by atoms with van der Waals surface area (Å²) in [7, 11) is 0. The molecule has 1 heterocycles. The fraction of sp³-hybridized carbons (Fsp3) is 0.263. The number of carbonyl (C=O) groups is 2. The van der Waals surface area contributed by atoms with Gasteiger partial charge in [-0.05, 0) is 30.3 Å². The fourth-order valence-electron chi connectivity index (χ4n) is 2.96. The summed E-state index contributed by atoms with van der Waals surface area (Å²) in [4.78, 5) is 25.8. The molecule has 0 radical (unpaired) electrons. The van der Waals surface area contributed by atoms with Crippen molar-refractivity contribution >= 4 is 23.3 Å². The van der Waals surface area contributed by atoms with Gasteiger partial charge in [0.05, 0.1) is 5.56 Å². The number of nitrogens with one attached hydrogen (secondary N) is 2. The summed E-state index contributed by atoms with van der Waals surface area (Å²) >= 11 is 0. The number of hydrogen-bond donors (Lipinski definition) is 2. The van der Waals surface area contributed by atoms with Crippen molar-refractivity contribution in [1.82, 2.24) is 5.32 Å². The van der Waals surface area contributed by atoms with Gasteiger partial charge in [0.1, 0.15) is 0 Å². The molecule has 0 spiro atoms. The molecule has 2 aromatic carbocycles. The Hall–Kier alpha value is -3.03. The van der Waals surface area contributed by atoms with Crippen LogP contribution in [0.25, 0.3) is 0 Å². The van der Waals surface area contributed by atoms with E-state index < -0.39 is 17.8 Å². The second-order valence-corrected chi connectivity index (χ2v) is 6.32. The molecule has 0 bridgehead atoms. The largest absolute Gasteiger partial charge is 0.416 e. The van der Waals surface area contributed by atoms with Gasteiger partial charge in [-0.3, -0.25) is 4.79 Å². The number of para-hydroxylation sites is 1. The van der Waals surface area contributed by atoms with E-state index in [-0.39, 0.29) is 24.1 Å². The number of carbonyl (C=O) groups excluding carboxylic acids is 2. The molecule has 0 aliphatic carbocycles. The van der Waals surface area contributed by atoms with E-state index in [4.69, 9.17) is 0 Å². The summed E-state index contributed by atoms with van der Waals surface area (Å²) in [6, 6.07) is 13.0. The predicted molar refractivity (Wildman–Crippen MR) is 95.4 cm³/mol. The highest BCUT2D eigenvalue weighted by molar-refractivity contribution is 5.96. The predicted octanol–water partition coefficient (Wildman–Crippen LogP) is 3.88. The Morgan fingerprint density at radius 3 is 2.56 bits per heavy atom. The quantitative estimate of drug-likeness (QED) is 0.850. The van der Waals surface area contributed by atoms with Crippen molar-refractivity contribution in [3.63, 3.8) is 0 Å². The zero-order valence-electron chi connectivity index (χ0n) is 14.3. The van der Waals surface area contributed by atoms with Crippen LogP contribution in [0.15, 0.2) is 54.6 Å². The van der Waals surface area contributed by atoms with Crippen LogP contribution in [0.4, 0.5) is 29.3 Å². The second kappa shape index (κ2) is 7.69. The van der Waals surface area contributed by atoms with Gasteiger partial charge < -0.3 is 15.5 Å². The third-order valence-corrected chi connectivity index (χ3v) is 4.27. The smallest absolute Gasteiger partial charge is 0.338 e. The van der Waals surface area contributed by atoms with Crippen LogP contribution in [-0.2, 0) is 11.0 Å². The number of rotatable bonds is 4. The lowest BCUT2D eigenvalue weighted by Crippen LogP contribution is -2.34.